The highest BCUT2D eigenvalue weighted by Gasteiger charge is 2.14. The highest BCUT2D eigenvalue weighted by molar-refractivity contribution is 5.63. The van der Waals surface area contributed by atoms with Crippen LogP contribution in [0.2, 0.25) is 0 Å². The molecule has 0 saturated heterocycles. The van der Waals surface area contributed by atoms with Crippen LogP contribution in [-0.2, 0) is 13.6 Å². The van der Waals surface area contributed by atoms with Crippen molar-refractivity contribution < 1.29 is 4.92 Å². The van der Waals surface area contributed by atoms with Gasteiger partial charge in [-0.15, -0.1) is 0 Å². The largest absolute Gasteiger partial charge is 0.375 e. The second-order valence-electron chi connectivity index (χ2n) is 4.94. The summed E-state index contributed by atoms with van der Waals surface area (Å²) in [7, 11) is 1.83. The molecule has 0 radical (unpaired) electrons. The Balaban J connectivity index is 2.27. The Morgan fingerprint density at radius 2 is 2.10 bits per heavy atom. The maximum absolute atomic E-state index is 11.0. The molecule has 6 heteroatoms. The molecule has 1 N–H and O–H groups in total. The van der Waals surface area contributed by atoms with E-state index in [1.54, 1.807) is 18.2 Å². The van der Waals surface area contributed by atoms with Crippen molar-refractivity contribution in [2.75, 3.05) is 5.32 Å². The number of nitro benzene ring substituents is 1. The van der Waals surface area contributed by atoms with E-state index in [4.69, 9.17) is 5.26 Å². The van der Waals surface area contributed by atoms with Gasteiger partial charge < -0.3 is 9.88 Å². The van der Waals surface area contributed by atoms with Gasteiger partial charge in [-0.2, -0.15) is 5.26 Å². The lowest BCUT2D eigenvalue weighted by Gasteiger charge is -2.08. The summed E-state index contributed by atoms with van der Waals surface area (Å²) in [5, 5.41) is 23.1. The van der Waals surface area contributed by atoms with Crippen molar-refractivity contribution in [2.24, 2.45) is 7.05 Å². The first-order valence-corrected chi connectivity index (χ1v) is 6.48. The zero-order chi connectivity index (χ0) is 15.6. The lowest BCUT2D eigenvalue weighted by atomic mass is 10.1. The first kappa shape index (κ1) is 14.6. The summed E-state index contributed by atoms with van der Waals surface area (Å²) in [5.41, 5.74) is 3.98. The van der Waals surface area contributed by atoms with Gasteiger partial charge in [0.25, 0.3) is 5.69 Å². The number of anilines is 1. The van der Waals surface area contributed by atoms with Crippen LogP contribution in [0.25, 0.3) is 0 Å². The Morgan fingerprint density at radius 1 is 1.38 bits per heavy atom. The molecule has 0 aliphatic carbocycles. The van der Waals surface area contributed by atoms with Crippen LogP contribution in [0.1, 0.15) is 22.5 Å². The number of nitro groups is 1. The maximum atomic E-state index is 11.0. The van der Waals surface area contributed by atoms with E-state index in [0.29, 0.717) is 17.9 Å². The van der Waals surface area contributed by atoms with Crippen molar-refractivity contribution in [1.82, 2.24) is 4.57 Å². The highest BCUT2D eigenvalue weighted by atomic mass is 16.6. The number of nitrogens with one attached hydrogen (secondary N) is 1. The van der Waals surface area contributed by atoms with E-state index in [0.717, 1.165) is 16.8 Å². The van der Waals surface area contributed by atoms with Crippen LogP contribution in [0.5, 0.6) is 0 Å². The summed E-state index contributed by atoms with van der Waals surface area (Å²) in [6.45, 7) is 4.24. The first-order valence-electron chi connectivity index (χ1n) is 6.48. The van der Waals surface area contributed by atoms with Crippen molar-refractivity contribution in [3.8, 4) is 6.07 Å². The van der Waals surface area contributed by atoms with Crippen LogP contribution in [-0.4, -0.2) is 9.49 Å². The van der Waals surface area contributed by atoms with Crippen LogP contribution < -0.4 is 5.32 Å². The molecule has 0 amide bonds. The highest BCUT2D eigenvalue weighted by Crippen LogP contribution is 2.26. The topological polar surface area (TPSA) is 83.9 Å². The number of hydrogen-bond acceptors (Lipinski definition) is 4. The minimum Gasteiger partial charge on any atom is -0.375 e. The van der Waals surface area contributed by atoms with Crippen LogP contribution in [0.15, 0.2) is 24.3 Å². The molecular formula is C15H16N4O2. The molecule has 0 aliphatic rings. The number of aryl methyl sites for hydroxylation is 1. The molecule has 0 aliphatic heterocycles. The molecule has 0 saturated carbocycles. The Labute approximate surface area is 122 Å². The van der Waals surface area contributed by atoms with Gasteiger partial charge in [-0.3, -0.25) is 10.1 Å². The van der Waals surface area contributed by atoms with Crippen molar-refractivity contribution in [1.29, 1.82) is 5.26 Å². The molecule has 108 valence electrons. The summed E-state index contributed by atoms with van der Waals surface area (Å²) in [5.74, 6) is 0. The summed E-state index contributed by atoms with van der Waals surface area (Å²) < 4.78 is 1.81. The van der Waals surface area contributed by atoms with Gasteiger partial charge in [-0.1, -0.05) is 6.07 Å². The van der Waals surface area contributed by atoms with Gasteiger partial charge in [-0.25, -0.2) is 0 Å². The molecule has 1 aromatic heterocycles. The van der Waals surface area contributed by atoms with E-state index in [-0.39, 0.29) is 5.69 Å². The van der Waals surface area contributed by atoms with E-state index in [2.05, 4.69) is 11.4 Å². The van der Waals surface area contributed by atoms with Gasteiger partial charge in [-0.05, 0) is 37.1 Å². The number of aromatic nitrogens is 1. The summed E-state index contributed by atoms with van der Waals surface area (Å²) in [4.78, 5) is 10.6. The predicted octanol–water partition coefficient (Wildman–Crippen LogP) is 3.03. The standard InChI is InChI=1S/C15H16N4O2/c1-10-4-5-15(19(20)21)14(6-10)17-9-12-7-13(8-16)18(3)11(12)2/h4-7,17H,9H2,1-3H3. The smallest absolute Gasteiger partial charge is 0.292 e. The Morgan fingerprint density at radius 3 is 2.67 bits per heavy atom. The number of hydrogen-bond donors (Lipinski definition) is 1. The lowest BCUT2D eigenvalue weighted by molar-refractivity contribution is -0.384. The van der Waals surface area contributed by atoms with Gasteiger partial charge in [0.1, 0.15) is 17.5 Å². The molecule has 2 rings (SSSR count). The molecular weight excluding hydrogens is 268 g/mol. The average molecular weight is 284 g/mol. The molecule has 21 heavy (non-hydrogen) atoms. The zero-order valence-corrected chi connectivity index (χ0v) is 12.2. The number of benzene rings is 1. The quantitative estimate of drug-likeness (QED) is 0.691. The molecule has 0 atom stereocenters. The van der Waals surface area contributed by atoms with E-state index >= 15 is 0 Å². The molecule has 1 aromatic carbocycles. The van der Waals surface area contributed by atoms with Gasteiger partial charge >= 0.3 is 0 Å². The third kappa shape index (κ3) is 2.87. The van der Waals surface area contributed by atoms with Crippen LogP contribution in [0.4, 0.5) is 11.4 Å². The third-order valence-corrected chi connectivity index (χ3v) is 3.57. The Bertz CT molecular complexity index is 741. The normalized spacial score (nSPS) is 10.2. The fourth-order valence-corrected chi connectivity index (χ4v) is 2.19. The minimum absolute atomic E-state index is 0.0506. The second kappa shape index (κ2) is 5.67. The van der Waals surface area contributed by atoms with E-state index in [1.807, 2.05) is 25.5 Å². The SMILES string of the molecule is Cc1ccc([N+](=O)[O-])c(NCc2cc(C#N)n(C)c2C)c1. The summed E-state index contributed by atoms with van der Waals surface area (Å²) in [6.07, 6.45) is 0. The van der Waals surface area contributed by atoms with Crippen LogP contribution in [0, 0.1) is 35.3 Å². The summed E-state index contributed by atoms with van der Waals surface area (Å²) >= 11 is 0. The fourth-order valence-electron chi connectivity index (χ4n) is 2.19. The molecule has 0 unspecified atom stereocenters. The Hall–Kier alpha value is -2.81. The van der Waals surface area contributed by atoms with E-state index in [1.165, 1.54) is 6.07 Å². The molecule has 0 bridgehead atoms. The number of nitriles is 1. The van der Waals surface area contributed by atoms with Gasteiger partial charge in [0.05, 0.1) is 4.92 Å². The first-order chi connectivity index (χ1) is 9.93. The molecule has 6 nitrogen and oxygen atoms in total. The molecule has 0 spiro atoms. The third-order valence-electron chi connectivity index (χ3n) is 3.57. The summed E-state index contributed by atoms with van der Waals surface area (Å²) in [6, 6.07) is 8.88. The van der Waals surface area contributed by atoms with Crippen molar-refractivity contribution in [3.63, 3.8) is 0 Å². The Kier molecular flexibility index (Phi) is 3.94. The monoisotopic (exact) mass is 284 g/mol. The van der Waals surface area contributed by atoms with Crippen LogP contribution in [0.3, 0.4) is 0 Å². The zero-order valence-electron chi connectivity index (χ0n) is 12.2. The van der Waals surface area contributed by atoms with Crippen LogP contribution >= 0.6 is 0 Å². The van der Waals surface area contributed by atoms with Gasteiger partial charge in [0, 0.05) is 25.4 Å². The van der Waals surface area contributed by atoms with Crippen molar-refractivity contribution >= 4 is 11.4 Å². The number of nitrogens with zero attached hydrogens (tertiary/aromatic N) is 3. The maximum Gasteiger partial charge on any atom is 0.292 e. The average Bonchev–Trinajstić information content (AvgIpc) is 2.72. The van der Waals surface area contributed by atoms with E-state index in [9.17, 15) is 10.1 Å². The molecule has 2 aromatic rings. The minimum atomic E-state index is -0.402. The van der Waals surface area contributed by atoms with Gasteiger partial charge in [0.15, 0.2) is 0 Å². The molecule has 1 heterocycles. The molecule has 0 fully saturated rings. The fraction of sp³-hybridized carbons (Fsp3) is 0.267. The lowest BCUT2D eigenvalue weighted by Crippen LogP contribution is -2.04. The van der Waals surface area contributed by atoms with Crippen molar-refractivity contribution in [2.45, 2.75) is 20.4 Å². The van der Waals surface area contributed by atoms with Crippen molar-refractivity contribution in [3.05, 3.63) is 56.9 Å². The predicted molar refractivity (Wildman–Crippen MR) is 80.0 cm³/mol. The second-order valence-corrected chi connectivity index (χ2v) is 4.94. The van der Waals surface area contributed by atoms with Gasteiger partial charge in [0.2, 0.25) is 0 Å². The van der Waals surface area contributed by atoms with E-state index < -0.39 is 4.92 Å². The number of rotatable bonds is 4.